The van der Waals surface area contributed by atoms with Crippen molar-refractivity contribution in [3.05, 3.63) is 29.8 Å². The van der Waals surface area contributed by atoms with Gasteiger partial charge in [0.15, 0.2) is 0 Å². The molecule has 1 aromatic carbocycles. The molecule has 1 heteroatoms. The fraction of sp³-hybridized carbons (Fsp3) is 0.462. The summed E-state index contributed by atoms with van der Waals surface area (Å²) in [6.45, 7) is 12.0. The number of para-hydroxylation sites is 1. The molecule has 0 fully saturated rings. The number of hydrogen-bond acceptors (Lipinski definition) is 1. The molecule has 0 spiro atoms. The minimum absolute atomic E-state index is 1.06. The van der Waals surface area contributed by atoms with E-state index in [-0.39, 0.29) is 0 Å². The van der Waals surface area contributed by atoms with Gasteiger partial charge in [0.25, 0.3) is 0 Å². The van der Waals surface area contributed by atoms with Crippen molar-refractivity contribution in [3.63, 3.8) is 0 Å². The Kier molecular flexibility index (Phi) is 13.1. The first-order valence-corrected chi connectivity index (χ1v) is 5.39. The number of rotatable bonds is 1. The highest BCUT2D eigenvalue weighted by Crippen LogP contribution is 2.15. The van der Waals surface area contributed by atoms with Gasteiger partial charge in [-0.05, 0) is 25.5 Å². The van der Waals surface area contributed by atoms with Gasteiger partial charge >= 0.3 is 0 Å². The summed E-state index contributed by atoms with van der Waals surface area (Å²) in [4.78, 5) is 4.18. The fourth-order valence-corrected chi connectivity index (χ4v) is 0.847. The second-order valence-electron chi connectivity index (χ2n) is 2.17. The molecule has 14 heavy (non-hydrogen) atoms. The van der Waals surface area contributed by atoms with Gasteiger partial charge in [-0.15, -0.1) is 0 Å². The van der Waals surface area contributed by atoms with E-state index in [0.717, 1.165) is 5.69 Å². The summed E-state index contributed by atoms with van der Waals surface area (Å²) < 4.78 is 0. The van der Waals surface area contributed by atoms with Crippen LogP contribution in [0.3, 0.4) is 0 Å². The van der Waals surface area contributed by atoms with E-state index in [1.165, 1.54) is 5.56 Å². The SMILES string of the molecule is CC.CC.CC=Nc1ccccc1C. The summed E-state index contributed by atoms with van der Waals surface area (Å²) >= 11 is 0. The zero-order valence-electron chi connectivity index (χ0n) is 10.3. The van der Waals surface area contributed by atoms with E-state index in [1.54, 1.807) is 0 Å². The molecule has 0 heterocycles. The predicted molar refractivity (Wildman–Crippen MR) is 67.7 cm³/mol. The van der Waals surface area contributed by atoms with E-state index in [4.69, 9.17) is 0 Å². The second-order valence-corrected chi connectivity index (χ2v) is 2.17. The van der Waals surface area contributed by atoms with Crippen molar-refractivity contribution >= 4 is 11.9 Å². The Hall–Kier alpha value is -1.11. The van der Waals surface area contributed by atoms with Crippen LogP contribution in [0.25, 0.3) is 0 Å². The molecule has 0 amide bonds. The number of benzene rings is 1. The summed E-state index contributed by atoms with van der Waals surface area (Å²) in [5.74, 6) is 0. The summed E-state index contributed by atoms with van der Waals surface area (Å²) in [5, 5.41) is 0. The summed E-state index contributed by atoms with van der Waals surface area (Å²) in [6.07, 6.45) is 1.81. The number of nitrogens with zero attached hydrogens (tertiary/aromatic N) is 1. The fourth-order valence-electron chi connectivity index (χ4n) is 0.847. The molecule has 0 aromatic heterocycles. The number of hydrogen-bond donors (Lipinski definition) is 0. The predicted octanol–water partition coefficient (Wildman–Crippen LogP) is 4.77. The van der Waals surface area contributed by atoms with Gasteiger partial charge < -0.3 is 0 Å². The standard InChI is InChI=1S/C9H11N.2C2H6/c1-3-10-9-7-5-4-6-8(9)2;2*1-2/h3-7H,1-2H3;2*1-2H3. The first-order valence-electron chi connectivity index (χ1n) is 5.39. The first-order chi connectivity index (χ1) is 6.84. The summed E-state index contributed by atoms with van der Waals surface area (Å²) in [6, 6.07) is 8.08. The van der Waals surface area contributed by atoms with Gasteiger partial charge in [-0.25, -0.2) is 0 Å². The Morgan fingerprint density at radius 1 is 1.00 bits per heavy atom. The molecule has 1 aromatic rings. The van der Waals surface area contributed by atoms with E-state index in [0.29, 0.717) is 0 Å². The topological polar surface area (TPSA) is 12.4 Å². The molecule has 0 aliphatic carbocycles. The van der Waals surface area contributed by atoms with Crippen molar-refractivity contribution in [2.45, 2.75) is 41.5 Å². The van der Waals surface area contributed by atoms with Crippen LogP contribution < -0.4 is 0 Å². The quantitative estimate of drug-likeness (QED) is 0.570. The molecule has 0 N–H and O–H groups in total. The third kappa shape index (κ3) is 6.41. The Labute approximate surface area is 88.9 Å². The molecule has 1 rings (SSSR count). The highest BCUT2D eigenvalue weighted by atomic mass is 14.7. The zero-order valence-corrected chi connectivity index (χ0v) is 10.3. The maximum Gasteiger partial charge on any atom is 0.0654 e. The zero-order chi connectivity index (χ0) is 11.4. The Balaban J connectivity index is 0. The van der Waals surface area contributed by atoms with Gasteiger partial charge in [-0.3, -0.25) is 4.99 Å². The largest absolute Gasteiger partial charge is 0.261 e. The normalized spacial score (nSPS) is 8.43. The maximum absolute atomic E-state index is 4.18. The van der Waals surface area contributed by atoms with E-state index >= 15 is 0 Å². The van der Waals surface area contributed by atoms with Crippen molar-refractivity contribution < 1.29 is 0 Å². The van der Waals surface area contributed by atoms with E-state index in [1.807, 2.05) is 59.0 Å². The van der Waals surface area contributed by atoms with Gasteiger partial charge in [0.05, 0.1) is 5.69 Å². The lowest BCUT2D eigenvalue weighted by Gasteiger charge is -1.95. The molecule has 80 valence electrons. The van der Waals surface area contributed by atoms with Gasteiger partial charge in [0, 0.05) is 6.21 Å². The van der Waals surface area contributed by atoms with Crippen molar-refractivity contribution in [1.82, 2.24) is 0 Å². The van der Waals surface area contributed by atoms with Crippen LogP contribution in [-0.4, -0.2) is 6.21 Å². The molecule has 0 atom stereocenters. The monoisotopic (exact) mass is 193 g/mol. The number of aryl methyl sites for hydroxylation is 1. The van der Waals surface area contributed by atoms with Crippen molar-refractivity contribution in [3.8, 4) is 0 Å². The van der Waals surface area contributed by atoms with E-state index < -0.39 is 0 Å². The Morgan fingerprint density at radius 2 is 1.50 bits per heavy atom. The van der Waals surface area contributed by atoms with E-state index in [9.17, 15) is 0 Å². The van der Waals surface area contributed by atoms with Crippen LogP contribution in [0, 0.1) is 6.92 Å². The van der Waals surface area contributed by atoms with Crippen molar-refractivity contribution in [2.24, 2.45) is 4.99 Å². The third-order valence-electron chi connectivity index (χ3n) is 1.38. The molecule has 1 nitrogen and oxygen atoms in total. The molecular weight excluding hydrogens is 170 g/mol. The van der Waals surface area contributed by atoms with Crippen LogP contribution in [0.4, 0.5) is 5.69 Å². The molecular formula is C13H23N. The smallest absolute Gasteiger partial charge is 0.0654 e. The average molecular weight is 193 g/mol. The molecule has 0 aliphatic heterocycles. The van der Waals surface area contributed by atoms with Gasteiger partial charge in [0.2, 0.25) is 0 Å². The third-order valence-corrected chi connectivity index (χ3v) is 1.38. The van der Waals surface area contributed by atoms with Crippen LogP contribution in [0.15, 0.2) is 29.3 Å². The molecule has 0 saturated carbocycles. The lowest BCUT2D eigenvalue weighted by molar-refractivity contribution is 1.40. The molecule has 0 unspecified atom stereocenters. The van der Waals surface area contributed by atoms with Crippen LogP contribution in [0.2, 0.25) is 0 Å². The molecule has 0 aliphatic rings. The number of aliphatic imine (C=N–C) groups is 1. The minimum Gasteiger partial charge on any atom is -0.261 e. The van der Waals surface area contributed by atoms with Crippen LogP contribution in [0.5, 0.6) is 0 Å². The van der Waals surface area contributed by atoms with Gasteiger partial charge in [0.1, 0.15) is 0 Å². The van der Waals surface area contributed by atoms with Gasteiger partial charge in [-0.2, -0.15) is 0 Å². The highest BCUT2D eigenvalue weighted by Gasteiger charge is 1.89. The first kappa shape index (κ1) is 15.4. The van der Waals surface area contributed by atoms with Crippen LogP contribution in [0.1, 0.15) is 40.2 Å². The van der Waals surface area contributed by atoms with E-state index in [2.05, 4.69) is 18.0 Å². The minimum atomic E-state index is 1.06. The molecule has 0 radical (unpaired) electrons. The van der Waals surface area contributed by atoms with Crippen LogP contribution >= 0.6 is 0 Å². The Morgan fingerprint density at radius 3 is 1.93 bits per heavy atom. The van der Waals surface area contributed by atoms with Crippen molar-refractivity contribution in [2.75, 3.05) is 0 Å². The molecule has 0 bridgehead atoms. The maximum atomic E-state index is 4.18. The lowest BCUT2D eigenvalue weighted by Crippen LogP contribution is -1.71. The Bertz CT molecular complexity index is 239. The van der Waals surface area contributed by atoms with Crippen LogP contribution in [-0.2, 0) is 0 Å². The second kappa shape index (κ2) is 11.9. The lowest BCUT2D eigenvalue weighted by atomic mass is 10.2. The average Bonchev–Trinajstić information content (AvgIpc) is 2.28. The highest BCUT2D eigenvalue weighted by molar-refractivity contribution is 5.62. The summed E-state index contributed by atoms with van der Waals surface area (Å²) in [5.41, 5.74) is 2.28. The van der Waals surface area contributed by atoms with Crippen molar-refractivity contribution in [1.29, 1.82) is 0 Å². The van der Waals surface area contributed by atoms with Gasteiger partial charge in [-0.1, -0.05) is 45.9 Å². The summed E-state index contributed by atoms with van der Waals surface area (Å²) in [7, 11) is 0. The molecule has 0 saturated heterocycles.